The molecule has 0 spiro atoms. The van der Waals surface area contributed by atoms with Gasteiger partial charge < -0.3 is 5.11 Å². The first-order valence-corrected chi connectivity index (χ1v) is 8.88. The van der Waals surface area contributed by atoms with E-state index < -0.39 is 11.4 Å². The highest BCUT2D eigenvalue weighted by molar-refractivity contribution is 6.35. The summed E-state index contributed by atoms with van der Waals surface area (Å²) in [4.78, 5) is 21.0. The molecular formula is C19H12Cl2FN4O2+. The third kappa shape index (κ3) is 3.08. The Kier molecular flexibility index (Phi) is 4.70. The molecule has 1 N–H and O–H groups in total. The summed E-state index contributed by atoms with van der Waals surface area (Å²) in [5.74, 6) is -1.10. The van der Waals surface area contributed by atoms with Crippen LogP contribution in [0.25, 0.3) is 16.8 Å². The monoisotopic (exact) mass is 417 g/mol. The first kappa shape index (κ1) is 18.3. The van der Waals surface area contributed by atoms with E-state index in [4.69, 9.17) is 23.2 Å². The van der Waals surface area contributed by atoms with Crippen LogP contribution in [-0.2, 0) is 6.54 Å². The lowest BCUT2D eigenvalue weighted by atomic mass is 10.1. The molecular weight excluding hydrogens is 406 g/mol. The molecule has 4 aromatic rings. The summed E-state index contributed by atoms with van der Waals surface area (Å²) in [7, 11) is 0. The maximum Gasteiger partial charge on any atom is 0.354 e. The number of halogens is 3. The van der Waals surface area contributed by atoms with Crippen molar-refractivity contribution in [1.29, 1.82) is 0 Å². The lowest BCUT2D eigenvalue weighted by Gasteiger charge is -2.10. The van der Waals surface area contributed by atoms with Crippen LogP contribution in [0.2, 0.25) is 10.0 Å². The minimum absolute atomic E-state index is 0.0515. The second-order valence-electron chi connectivity index (χ2n) is 6.02. The van der Waals surface area contributed by atoms with Crippen LogP contribution in [-0.4, -0.2) is 19.5 Å². The van der Waals surface area contributed by atoms with E-state index in [1.165, 1.54) is 27.4 Å². The van der Waals surface area contributed by atoms with Gasteiger partial charge in [-0.15, -0.1) is 0 Å². The van der Waals surface area contributed by atoms with E-state index in [0.29, 0.717) is 11.2 Å². The van der Waals surface area contributed by atoms with Crippen molar-refractivity contribution in [1.82, 2.24) is 14.4 Å². The lowest BCUT2D eigenvalue weighted by molar-refractivity contribution is -0.671. The van der Waals surface area contributed by atoms with Gasteiger partial charge in [0, 0.05) is 29.6 Å². The molecule has 6 nitrogen and oxygen atoms in total. The van der Waals surface area contributed by atoms with Crippen molar-refractivity contribution in [2.75, 3.05) is 0 Å². The van der Waals surface area contributed by atoms with Crippen LogP contribution in [0.5, 0.6) is 5.88 Å². The number of rotatable bonds is 3. The molecule has 0 bridgehead atoms. The molecule has 3 heterocycles. The van der Waals surface area contributed by atoms with E-state index in [0.717, 1.165) is 0 Å². The van der Waals surface area contributed by atoms with Crippen LogP contribution < -0.4 is 10.1 Å². The number of benzene rings is 1. The molecule has 3 aromatic heterocycles. The summed E-state index contributed by atoms with van der Waals surface area (Å²) in [5.41, 5.74) is 0.831. The van der Waals surface area contributed by atoms with Gasteiger partial charge in [0.1, 0.15) is 12.9 Å². The van der Waals surface area contributed by atoms with Crippen molar-refractivity contribution in [3.05, 3.63) is 87.0 Å². The standard InChI is InChI=1S/C19H11Cl2FN4O2/c20-13-5-12(6-14(21)17(13)22)16-18(27)25-4-2-1-3-15(25)26(19(16)28)9-11-7-23-10-24-8-11/h1-8,10H,9H2/p+1. The highest BCUT2D eigenvalue weighted by Crippen LogP contribution is 2.32. The quantitative estimate of drug-likeness (QED) is 0.410. The van der Waals surface area contributed by atoms with Gasteiger partial charge in [0.2, 0.25) is 0 Å². The first-order chi connectivity index (χ1) is 13.5. The summed E-state index contributed by atoms with van der Waals surface area (Å²) in [5, 5.41) is 10.5. The molecule has 0 aliphatic carbocycles. The number of fused-ring (bicyclic) bond motifs is 1. The Morgan fingerprint density at radius 3 is 2.50 bits per heavy atom. The molecule has 9 heteroatoms. The Morgan fingerprint density at radius 1 is 1.14 bits per heavy atom. The van der Waals surface area contributed by atoms with E-state index in [2.05, 4.69) is 9.97 Å². The van der Waals surface area contributed by atoms with Gasteiger partial charge in [0.05, 0.1) is 16.2 Å². The molecule has 0 unspecified atom stereocenters. The molecule has 28 heavy (non-hydrogen) atoms. The Hall–Kier alpha value is -3.03. The fourth-order valence-electron chi connectivity index (χ4n) is 2.99. The highest BCUT2D eigenvalue weighted by Gasteiger charge is 2.26. The van der Waals surface area contributed by atoms with Gasteiger partial charge in [-0.2, -0.15) is 8.97 Å². The minimum Gasteiger partial charge on any atom is -0.477 e. The third-order valence-corrected chi connectivity index (χ3v) is 4.80. The Bertz CT molecular complexity index is 1240. The van der Waals surface area contributed by atoms with E-state index in [1.807, 2.05) is 0 Å². The molecule has 0 aliphatic rings. The maximum atomic E-state index is 13.8. The molecule has 140 valence electrons. The fourth-order valence-corrected chi connectivity index (χ4v) is 3.47. The SMILES string of the molecule is O=c1c(-c2cc(Cl)c(F)c(Cl)c2)c(O)[n+](Cc2cncnc2)c2ccccn12. The molecule has 0 saturated carbocycles. The van der Waals surface area contributed by atoms with Crippen molar-refractivity contribution in [2.24, 2.45) is 0 Å². The van der Waals surface area contributed by atoms with Crippen molar-refractivity contribution in [2.45, 2.75) is 6.54 Å². The van der Waals surface area contributed by atoms with Gasteiger partial charge in [0.15, 0.2) is 11.4 Å². The van der Waals surface area contributed by atoms with E-state index in [1.54, 1.807) is 36.8 Å². The lowest BCUT2D eigenvalue weighted by Crippen LogP contribution is -2.41. The van der Waals surface area contributed by atoms with Crippen LogP contribution in [0, 0.1) is 5.82 Å². The normalized spacial score (nSPS) is 11.1. The Morgan fingerprint density at radius 2 is 1.82 bits per heavy atom. The van der Waals surface area contributed by atoms with Crippen molar-refractivity contribution in [3.63, 3.8) is 0 Å². The summed E-state index contributed by atoms with van der Waals surface area (Å²) in [6.45, 7) is 0.204. The summed E-state index contributed by atoms with van der Waals surface area (Å²) < 4.78 is 16.7. The van der Waals surface area contributed by atoms with Gasteiger partial charge >= 0.3 is 5.56 Å². The molecule has 0 amide bonds. The smallest absolute Gasteiger partial charge is 0.354 e. The van der Waals surface area contributed by atoms with Crippen LogP contribution in [0.15, 0.2) is 60.0 Å². The van der Waals surface area contributed by atoms with Crippen molar-refractivity contribution < 1.29 is 14.1 Å². The average molecular weight is 418 g/mol. The van der Waals surface area contributed by atoms with Gasteiger partial charge in [-0.25, -0.2) is 19.2 Å². The predicted octanol–water partition coefficient (Wildman–Crippen LogP) is 3.24. The average Bonchev–Trinajstić information content (AvgIpc) is 2.70. The van der Waals surface area contributed by atoms with Crippen LogP contribution in [0.4, 0.5) is 4.39 Å². The van der Waals surface area contributed by atoms with E-state index in [9.17, 15) is 14.3 Å². The highest BCUT2D eigenvalue weighted by atomic mass is 35.5. The number of pyridine rings is 1. The van der Waals surface area contributed by atoms with Gasteiger partial charge in [-0.05, 0) is 18.2 Å². The zero-order valence-corrected chi connectivity index (χ0v) is 15.7. The first-order valence-electron chi connectivity index (χ1n) is 8.12. The number of aromatic nitrogens is 4. The molecule has 0 radical (unpaired) electrons. The van der Waals surface area contributed by atoms with Crippen molar-refractivity contribution >= 4 is 28.8 Å². The van der Waals surface area contributed by atoms with Crippen LogP contribution in [0.1, 0.15) is 5.56 Å². The van der Waals surface area contributed by atoms with E-state index >= 15 is 0 Å². The minimum atomic E-state index is -0.790. The topological polar surface area (TPSA) is 71.4 Å². The van der Waals surface area contributed by atoms with Gasteiger partial charge in [-0.1, -0.05) is 29.3 Å². The zero-order valence-electron chi connectivity index (χ0n) is 14.2. The Balaban J connectivity index is 2.04. The molecule has 4 rings (SSSR count). The third-order valence-electron chi connectivity index (χ3n) is 4.25. The molecule has 0 saturated heterocycles. The summed E-state index contributed by atoms with van der Waals surface area (Å²) in [6.07, 6.45) is 6.19. The molecule has 0 atom stereocenters. The van der Waals surface area contributed by atoms with E-state index in [-0.39, 0.29) is 33.6 Å². The van der Waals surface area contributed by atoms with Crippen LogP contribution in [0.3, 0.4) is 0 Å². The number of nitrogens with zero attached hydrogens (tertiary/aromatic N) is 4. The largest absolute Gasteiger partial charge is 0.477 e. The fraction of sp³-hybridized carbons (Fsp3) is 0.0526. The zero-order chi connectivity index (χ0) is 19.8. The van der Waals surface area contributed by atoms with Crippen molar-refractivity contribution in [3.8, 4) is 17.0 Å². The molecule has 0 fully saturated rings. The van der Waals surface area contributed by atoms with Crippen LogP contribution >= 0.6 is 23.2 Å². The molecule has 0 aliphatic heterocycles. The maximum absolute atomic E-state index is 13.8. The number of hydrogen-bond donors (Lipinski definition) is 1. The summed E-state index contributed by atoms with van der Waals surface area (Å²) >= 11 is 11.8. The summed E-state index contributed by atoms with van der Waals surface area (Å²) in [6, 6.07) is 7.64. The second-order valence-corrected chi connectivity index (χ2v) is 6.83. The number of hydrogen-bond acceptors (Lipinski definition) is 4. The number of aromatic hydroxyl groups is 1. The second kappa shape index (κ2) is 7.18. The Labute approximate surface area is 168 Å². The van der Waals surface area contributed by atoms with Gasteiger partial charge in [0.25, 0.3) is 11.5 Å². The van der Waals surface area contributed by atoms with Gasteiger partial charge in [-0.3, -0.25) is 0 Å². The predicted molar refractivity (Wildman–Crippen MR) is 102 cm³/mol. The molecule has 1 aromatic carbocycles.